The smallest absolute Gasteiger partial charge is 0.411 e. The van der Waals surface area contributed by atoms with Gasteiger partial charge in [0.15, 0.2) is 0 Å². The van der Waals surface area contributed by atoms with E-state index in [4.69, 9.17) is 4.74 Å². The number of aryl methyl sites for hydroxylation is 2. The number of carbonyl (C=O) groups excluding carboxylic acids is 3. The molecule has 0 saturated carbocycles. The number of phenolic OH excluding ortho intramolecular Hbond substituents is 3. The third-order valence-electron chi connectivity index (χ3n) is 8.67. The summed E-state index contributed by atoms with van der Waals surface area (Å²) in [5.74, 6) is -4.83. The van der Waals surface area contributed by atoms with Gasteiger partial charge in [0.25, 0.3) is 17.7 Å². The maximum atomic E-state index is 15.1. The van der Waals surface area contributed by atoms with Crippen LogP contribution in [0.4, 0.5) is 43.4 Å². The molecular weight excluding hydrogens is 736 g/mol. The van der Waals surface area contributed by atoms with E-state index in [0.29, 0.717) is 47.5 Å². The van der Waals surface area contributed by atoms with Crippen LogP contribution in [0, 0.1) is 13.8 Å². The van der Waals surface area contributed by atoms with Crippen LogP contribution in [0.1, 0.15) is 53.3 Å². The zero-order valence-electron chi connectivity index (χ0n) is 29.0. The summed E-state index contributed by atoms with van der Waals surface area (Å²) < 4.78 is 96.0. The van der Waals surface area contributed by atoms with Crippen molar-refractivity contribution in [2.75, 3.05) is 23.1 Å². The maximum Gasteiger partial charge on any atom is 0.411 e. The number of anilines is 3. The van der Waals surface area contributed by atoms with E-state index in [1.807, 2.05) is 0 Å². The largest absolute Gasteiger partial charge is 0.506 e. The Labute approximate surface area is 309 Å². The normalized spacial score (nSPS) is 11.8. The fourth-order valence-electron chi connectivity index (χ4n) is 5.95. The highest BCUT2D eigenvalue weighted by molar-refractivity contribution is 6.10. The molecule has 0 atom stereocenters. The zero-order chi connectivity index (χ0) is 40.5. The summed E-state index contributed by atoms with van der Waals surface area (Å²) in [5.41, 5.74) is -8.79. The minimum atomic E-state index is -6.14. The van der Waals surface area contributed by atoms with Crippen LogP contribution in [-0.2, 0) is 5.41 Å². The summed E-state index contributed by atoms with van der Waals surface area (Å²) in [4.78, 5) is 39.4. The highest BCUT2D eigenvalue weighted by Gasteiger charge is 2.72. The molecule has 6 N–H and O–H groups in total. The second-order valence-electron chi connectivity index (χ2n) is 12.3. The molecular formula is C39H31F6N3O7. The standard InChI is InChI=1S/C39H31F6N3O7/c1-20-10-13-29(49)26(16-20)46-34(52)22-7-5-8-23(17-22)35(53)47-27-18-24(11-14-30(27)50)37(38(40,41)42,39(43,44)45)25-12-15-31(51)28(19-25)48-36(54)33-21(2)6-4-9-32(33)55-3/h4-19,49-51H,1-3H3,(H,46,52)(H,47,53)(H,48,54). The van der Waals surface area contributed by atoms with Crippen molar-refractivity contribution in [1.29, 1.82) is 0 Å². The minimum absolute atomic E-state index is 0.0456. The molecule has 55 heavy (non-hydrogen) atoms. The molecule has 0 fully saturated rings. The Morgan fingerprint density at radius 1 is 0.564 bits per heavy atom. The lowest BCUT2D eigenvalue weighted by molar-refractivity contribution is -0.288. The van der Waals surface area contributed by atoms with Crippen molar-refractivity contribution in [2.45, 2.75) is 31.6 Å². The number of amides is 3. The summed E-state index contributed by atoms with van der Waals surface area (Å²) in [6.07, 6.45) is -12.3. The molecule has 5 aromatic rings. The van der Waals surface area contributed by atoms with E-state index >= 15 is 26.3 Å². The van der Waals surface area contributed by atoms with Crippen LogP contribution in [0.2, 0.25) is 0 Å². The molecule has 0 bridgehead atoms. The molecule has 0 aliphatic rings. The zero-order valence-corrected chi connectivity index (χ0v) is 29.0. The van der Waals surface area contributed by atoms with Crippen molar-refractivity contribution in [3.8, 4) is 23.0 Å². The summed E-state index contributed by atoms with van der Waals surface area (Å²) in [6.45, 7) is 3.23. The molecule has 0 unspecified atom stereocenters. The summed E-state index contributed by atoms with van der Waals surface area (Å²) >= 11 is 0. The van der Waals surface area contributed by atoms with Crippen LogP contribution in [0.3, 0.4) is 0 Å². The first-order valence-corrected chi connectivity index (χ1v) is 16.1. The van der Waals surface area contributed by atoms with E-state index < -0.39 is 69.5 Å². The quantitative estimate of drug-likeness (QED) is 0.0648. The summed E-state index contributed by atoms with van der Waals surface area (Å²) in [6, 6.07) is 16.3. The third kappa shape index (κ3) is 7.69. The number of hydrogen-bond donors (Lipinski definition) is 6. The molecule has 0 radical (unpaired) electrons. The SMILES string of the molecule is COc1cccc(C)c1C(=O)Nc1cc(C(c2ccc(O)c(NC(=O)c3cccc(C(=O)Nc4cc(C)ccc4O)c3)c2)(C(F)(F)F)C(F)(F)F)ccc1O. The molecule has 0 spiro atoms. The van der Waals surface area contributed by atoms with Gasteiger partial charge in [-0.15, -0.1) is 0 Å². The predicted molar refractivity (Wildman–Crippen MR) is 190 cm³/mol. The van der Waals surface area contributed by atoms with Gasteiger partial charge in [-0.25, -0.2) is 0 Å². The molecule has 16 heteroatoms. The number of aromatic hydroxyl groups is 3. The Morgan fingerprint density at radius 2 is 1.00 bits per heavy atom. The minimum Gasteiger partial charge on any atom is -0.506 e. The van der Waals surface area contributed by atoms with Crippen molar-refractivity contribution in [3.63, 3.8) is 0 Å². The Kier molecular flexibility index (Phi) is 10.7. The second-order valence-corrected chi connectivity index (χ2v) is 12.3. The Bertz CT molecular complexity index is 2290. The van der Waals surface area contributed by atoms with Crippen molar-refractivity contribution < 1.29 is 60.8 Å². The molecule has 0 aliphatic carbocycles. The topological polar surface area (TPSA) is 157 Å². The van der Waals surface area contributed by atoms with Gasteiger partial charge < -0.3 is 36.0 Å². The number of hydrogen-bond acceptors (Lipinski definition) is 7. The highest BCUT2D eigenvalue weighted by atomic mass is 19.4. The number of rotatable bonds is 9. The predicted octanol–water partition coefficient (Wildman–Crippen LogP) is 8.60. The van der Waals surface area contributed by atoms with Crippen molar-refractivity contribution in [2.24, 2.45) is 0 Å². The van der Waals surface area contributed by atoms with E-state index in [9.17, 15) is 29.7 Å². The third-order valence-corrected chi connectivity index (χ3v) is 8.67. The monoisotopic (exact) mass is 767 g/mol. The number of alkyl halides is 6. The fraction of sp³-hybridized carbons (Fsp3) is 0.154. The van der Waals surface area contributed by atoms with E-state index in [0.717, 1.165) is 6.07 Å². The number of nitrogens with one attached hydrogen (secondary N) is 3. The molecule has 0 aliphatic heterocycles. The van der Waals surface area contributed by atoms with Crippen LogP contribution < -0.4 is 20.7 Å². The molecule has 10 nitrogen and oxygen atoms in total. The molecule has 5 rings (SSSR count). The van der Waals surface area contributed by atoms with Gasteiger partial charge in [-0.2, -0.15) is 26.3 Å². The lowest BCUT2D eigenvalue weighted by Gasteiger charge is -2.38. The first kappa shape index (κ1) is 39.5. The first-order chi connectivity index (χ1) is 25.8. The van der Waals surface area contributed by atoms with Gasteiger partial charge in [-0.05, 0) is 96.8 Å². The number of methoxy groups -OCH3 is 1. The number of phenols is 3. The maximum absolute atomic E-state index is 15.1. The van der Waals surface area contributed by atoms with E-state index in [-0.39, 0.29) is 33.9 Å². The summed E-state index contributed by atoms with van der Waals surface area (Å²) in [5, 5.41) is 37.8. The molecule has 0 heterocycles. The van der Waals surface area contributed by atoms with E-state index in [2.05, 4.69) is 16.0 Å². The van der Waals surface area contributed by atoms with Gasteiger partial charge >= 0.3 is 12.4 Å². The van der Waals surface area contributed by atoms with Crippen LogP contribution in [0.15, 0.2) is 97.1 Å². The van der Waals surface area contributed by atoms with Crippen molar-refractivity contribution in [1.82, 2.24) is 0 Å². The average molecular weight is 768 g/mol. The van der Waals surface area contributed by atoms with Crippen LogP contribution in [0.25, 0.3) is 0 Å². The molecule has 5 aromatic carbocycles. The van der Waals surface area contributed by atoms with Gasteiger partial charge in [0.2, 0.25) is 5.41 Å². The van der Waals surface area contributed by atoms with Gasteiger partial charge in [0.05, 0.1) is 29.7 Å². The van der Waals surface area contributed by atoms with Crippen LogP contribution in [0.5, 0.6) is 23.0 Å². The number of ether oxygens (including phenoxy) is 1. The lowest BCUT2D eigenvalue weighted by atomic mass is 9.72. The number of carbonyl (C=O) groups is 3. The summed E-state index contributed by atoms with van der Waals surface area (Å²) in [7, 11) is 1.25. The number of benzene rings is 5. The Balaban J connectivity index is 1.53. The van der Waals surface area contributed by atoms with Crippen LogP contribution in [-0.4, -0.2) is 52.5 Å². The highest BCUT2D eigenvalue weighted by Crippen LogP contribution is 2.57. The number of halogens is 6. The van der Waals surface area contributed by atoms with Crippen molar-refractivity contribution >= 4 is 34.8 Å². The molecule has 3 amide bonds. The van der Waals surface area contributed by atoms with Crippen LogP contribution >= 0.6 is 0 Å². The van der Waals surface area contributed by atoms with Crippen molar-refractivity contribution in [3.05, 3.63) is 136 Å². The Morgan fingerprint density at radius 3 is 1.47 bits per heavy atom. The van der Waals surface area contributed by atoms with Gasteiger partial charge in [0, 0.05) is 11.1 Å². The Hall–Kier alpha value is -6.71. The van der Waals surface area contributed by atoms with E-state index in [1.54, 1.807) is 19.1 Å². The molecule has 286 valence electrons. The average Bonchev–Trinajstić information content (AvgIpc) is 3.11. The van der Waals surface area contributed by atoms with E-state index in [1.165, 1.54) is 56.5 Å². The first-order valence-electron chi connectivity index (χ1n) is 16.1. The second kappa shape index (κ2) is 15.0. The van der Waals surface area contributed by atoms with Gasteiger partial charge in [0.1, 0.15) is 23.0 Å². The molecule has 0 aromatic heterocycles. The lowest BCUT2D eigenvalue weighted by Crippen LogP contribution is -2.54. The van der Waals surface area contributed by atoms with Gasteiger partial charge in [-0.3, -0.25) is 14.4 Å². The fourth-order valence-corrected chi connectivity index (χ4v) is 5.95. The van der Waals surface area contributed by atoms with Gasteiger partial charge in [-0.1, -0.05) is 36.4 Å². The molecule has 0 saturated heterocycles.